The molecule has 5 heteroatoms. The summed E-state index contributed by atoms with van der Waals surface area (Å²) in [6, 6.07) is 65.9. The van der Waals surface area contributed by atoms with E-state index in [1.807, 2.05) is 30.3 Å². The predicted octanol–water partition coefficient (Wildman–Crippen LogP) is 12.4. The smallest absolute Gasteiger partial charge is 0.0992 e. The van der Waals surface area contributed by atoms with Crippen LogP contribution in [0.4, 0.5) is 0 Å². The highest BCUT2D eigenvalue weighted by molar-refractivity contribution is 6.15. The Labute approximate surface area is 316 Å². The molecule has 0 amide bonds. The maximum Gasteiger partial charge on any atom is 0.0992 e. The van der Waals surface area contributed by atoms with Gasteiger partial charge in [-0.15, -0.1) is 0 Å². The van der Waals surface area contributed by atoms with Crippen LogP contribution >= 0.6 is 0 Å². The van der Waals surface area contributed by atoms with Gasteiger partial charge in [0, 0.05) is 43.6 Å². The summed E-state index contributed by atoms with van der Waals surface area (Å²) in [6.45, 7) is 0. The summed E-state index contributed by atoms with van der Waals surface area (Å²) < 4.78 is 6.97. The van der Waals surface area contributed by atoms with Gasteiger partial charge in [-0.1, -0.05) is 103 Å². The first kappa shape index (κ1) is 30.7. The van der Waals surface area contributed by atoms with Crippen molar-refractivity contribution in [2.75, 3.05) is 0 Å². The van der Waals surface area contributed by atoms with Crippen LogP contribution in [-0.4, -0.2) is 13.7 Å². The molecule has 3 heterocycles. The number of nitrogens with zero attached hydrogens (tertiary/aromatic N) is 5. The minimum atomic E-state index is 0.568. The van der Waals surface area contributed by atoms with Crippen molar-refractivity contribution in [2.45, 2.75) is 0 Å². The normalized spacial score (nSPS) is 11.6. The summed E-state index contributed by atoms with van der Waals surface area (Å²) in [5.74, 6) is 0. The molecule has 0 spiro atoms. The number of aromatic nitrogens is 3. The lowest BCUT2D eigenvalue weighted by atomic mass is 10.0. The van der Waals surface area contributed by atoms with Crippen molar-refractivity contribution < 1.29 is 0 Å². The summed E-state index contributed by atoms with van der Waals surface area (Å²) in [6.07, 6.45) is 0. The average molecular weight is 700 g/mol. The number of rotatable bonds is 4. The van der Waals surface area contributed by atoms with Crippen LogP contribution in [-0.2, 0) is 0 Å². The van der Waals surface area contributed by atoms with Gasteiger partial charge in [0.25, 0.3) is 0 Å². The summed E-state index contributed by atoms with van der Waals surface area (Å²) >= 11 is 0. The van der Waals surface area contributed by atoms with E-state index >= 15 is 0 Å². The maximum absolute atomic E-state index is 10.3. The molecule has 254 valence electrons. The fraction of sp³-hybridized carbons (Fsp3) is 0. The minimum Gasteiger partial charge on any atom is -0.309 e. The Morgan fingerprint density at radius 1 is 0.345 bits per heavy atom. The molecule has 3 aromatic heterocycles. The zero-order valence-corrected chi connectivity index (χ0v) is 29.5. The zero-order chi connectivity index (χ0) is 36.6. The van der Waals surface area contributed by atoms with Gasteiger partial charge in [0.2, 0.25) is 0 Å². The van der Waals surface area contributed by atoms with Crippen molar-refractivity contribution in [3.63, 3.8) is 0 Å². The van der Waals surface area contributed by atoms with Crippen LogP contribution in [0.3, 0.4) is 0 Å². The first-order valence-electron chi connectivity index (χ1n) is 18.3. The molecule has 0 aliphatic heterocycles. The highest BCUT2D eigenvalue weighted by atomic mass is 15.1. The molecule has 0 bridgehead atoms. The van der Waals surface area contributed by atoms with Gasteiger partial charge in [-0.05, 0) is 78.4 Å². The molecular formula is C50H29N5. The van der Waals surface area contributed by atoms with E-state index in [1.54, 1.807) is 0 Å². The summed E-state index contributed by atoms with van der Waals surface area (Å²) in [7, 11) is 0. The van der Waals surface area contributed by atoms with E-state index < -0.39 is 0 Å². The molecule has 0 saturated carbocycles. The molecule has 0 fully saturated rings. The third-order valence-electron chi connectivity index (χ3n) is 11.1. The number of fused-ring (bicyclic) bond motifs is 9. The van der Waals surface area contributed by atoms with Crippen LogP contribution in [0, 0.1) is 22.7 Å². The van der Waals surface area contributed by atoms with Crippen molar-refractivity contribution in [2.24, 2.45) is 0 Å². The summed E-state index contributed by atoms with van der Waals surface area (Å²) in [5.41, 5.74) is 12.7. The molecule has 0 N–H and O–H groups in total. The van der Waals surface area contributed by atoms with E-state index in [0.717, 1.165) is 72.1 Å². The fourth-order valence-corrected chi connectivity index (χ4v) is 8.75. The lowest BCUT2D eigenvalue weighted by Gasteiger charge is -2.18. The Kier molecular flexibility index (Phi) is 6.61. The van der Waals surface area contributed by atoms with E-state index in [9.17, 15) is 10.5 Å². The second-order valence-corrected chi connectivity index (χ2v) is 14.0. The number of benzene rings is 8. The summed E-state index contributed by atoms with van der Waals surface area (Å²) in [5, 5.41) is 27.1. The largest absolute Gasteiger partial charge is 0.309 e. The average Bonchev–Trinajstić information content (AvgIpc) is 3.89. The van der Waals surface area contributed by atoms with Crippen LogP contribution in [0.1, 0.15) is 11.1 Å². The topological polar surface area (TPSA) is 62.4 Å². The van der Waals surface area contributed by atoms with E-state index in [1.165, 1.54) is 21.5 Å². The molecule has 11 rings (SSSR count). The maximum atomic E-state index is 10.3. The van der Waals surface area contributed by atoms with Gasteiger partial charge < -0.3 is 13.7 Å². The second kappa shape index (κ2) is 11.8. The second-order valence-electron chi connectivity index (χ2n) is 14.0. The molecule has 0 atom stereocenters. The molecule has 55 heavy (non-hydrogen) atoms. The molecule has 0 unspecified atom stereocenters. The molecule has 11 aromatic rings. The molecule has 0 saturated heterocycles. The quantitative estimate of drug-likeness (QED) is 0.184. The molecule has 0 radical (unpaired) electrons. The van der Waals surface area contributed by atoms with E-state index in [-0.39, 0.29) is 0 Å². The van der Waals surface area contributed by atoms with Gasteiger partial charge in [0.1, 0.15) is 0 Å². The number of para-hydroxylation sites is 5. The van der Waals surface area contributed by atoms with Gasteiger partial charge in [0.15, 0.2) is 0 Å². The minimum absolute atomic E-state index is 0.568. The number of hydrogen-bond donors (Lipinski definition) is 0. The SMILES string of the molecule is N#Cc1ccc(-c2ccc(-n3c4ccccc4c4ccccc43)cc2)c(-n2c3ccc(C#N)cc3c3cccc(-n4c5ccccc5c5ccccc54)c32)c1. The van der Waals surface area contributed by atoms with Gasteiger partial charge in [-0.3, -0.25) is 0 Å². The third kappa shape index (κ3) is 4.45. The van der Waals surface area contributed by atoms with Gasteiger partial charge >= 0.3 is 0 Å². The van der Waals surface area contributed by atoms with Crippen molar-refractivity contribution in [3.05, 3.63) is 187 Å². The van der Waals surface area contributed by atoms with Crippen LogP contribution in [0.2, 0.25) is 0 Å². The van der Waals surface area contributed by atoms with Crippen LogP contribution in [0.15, 0.2) is 176 Å². The van der Waals surface area contributed by atoms with Gasteiger partial charge in [0.05, 0.1) is 67.7 Å². The highest BCUT2D eigenvalue weighted by Crippen LogP contribution is 2.42. The standard InChI is InChI=1S/C50H29N5/c51-30-32-21-27-47-42(28-32)41-14-9-19-48(54-45-17-7-3-12-39(45)40-13-4-8-18-46(40)54)50(41)55(47)49-29-33(31-52)20-26-36(49)34-22-24-35(25-23-34)53-43-15-5-1-10-37(43)38-11-2-6-16-44(38)53/h1-29H. The number of nitriles is 2. The Morgan fingerprint density at radius 3 is 1.42 bits per heavy atom. The van der Waals surface area contributed by atoms with Crippen molar-refractivity contribution in [3.8, 4) is 40.3 Å². The predicted molar refractivity (Wildman–Crippen MR) is 224 cm³/mol. The van der Waals surface area contributed by atoms with E-state index in [0.29, 0.717) is 11.1 Å². The molecule has 0 aliphatic rings. The van der Waals surface area contributed by atoms with E-state index in [2.05, 4.69) is 171 Å². The Balaban J connectivity index is 1.20. The molecular weight excluding hydrogens is 671 g/mol. The van der Waals surface area contributed by atoms with Crippen LogP contribution in [0.25, 0.3) is 93.6 Å². The summed E-state index contributed by atoms with van der Waals surface area (Å²) in [4.78, 5) is 0. The fourth-order valence-electron chi connectivity index (χ4n) is 8.75. The van der Waals surface area contributed by atoms with Crippen LogP contribution in [0.5, 0.6) is 0 Å². The Morgan fingerprint density at radius 2 is 0.836 bits per heavy atom. The van der Waals surface area contributed by atoms with Crippen molar-refractivity contribution in [1.29, 1.82) is 10.5 Å². The first-order chi connectivity index (χ1) is 27.2. The van der Waals surface area contributed by atoms with Crippen LogP contribution < -0.4 is 0 Å². The highest BCUT2D eigenvalue weighted by Gasteiger charge is 2.22. The molecule has 8 aromatic carbocycles. The first-order valence-corrected chi connectivity index (χ1v) is 18.3. The van der Waals surface area contributed by atoms with Gasteiger partial charge in [-0.25, -0.2) is 0 Å². The Bertz CT molecular complexity index is 3350. The number of hydrogen-bond acceptors (Lipinski definition) is 2. The van der Waals surface area contributed by atoms with Gasteiger partial charge in [-0.2, -0.15) is 10.5 Å². The zero-order valence-electron chi connectivity index (χ0n) is 29.5. The monoisotopic (exact) mass is 699 g/mol. The third-order valence-corrected chi connectivity index (χ3v) is 11.1. The molecule has 0 aliphatic carbocycles. The van der Waals surface area contributed by atoms with Crippen molar-refractivity contribution >= 4 is 65.4 Å². The lowest BCUT2D eigenvalue weighted by molar-refractivity contribution is 1.13. The lowest BCUT2D eigenvalue weighted by Crippen LogP contribution is -2.03. The molecule has 5 nitrogen and oxygen atoms in total. The Hall–Kier alpha value is -7.86. The van der Waals surface area contributed by atoms with E-state index in [4.69, 9.17) is 0 Å². The van der Waals surface area contributed by atoms with Crippen molar-refractivity contribution in [1.82, 2.24) is 13.7 Å².